The van der Waals surface area contributed by atoms with E-state index in [2.05, 4.69) is 20.3 Å². The molecule has 3 aromatic rings. The molecule has 13 heteroatoms. The van der Waals surface area contributed by atoms with E-state index >= 15 is 0 Å². The number of unbranched alkanes of at least 4 members (excludes halogenated alkanes) is 1. The van der Waals surface area contributed by atoms with Gasteiger partial charge in [0.25, 0.3) is 0 Å². The molecule has 0 unspecified atom stereocenters. The van der Waals surface area contributed by atoms with Crippen molar-refractivity contribution in [3.8, 4) is 0 Å². The predicted octanol–water partition coefficient (Wildman–Crippen LogP) is 4.75. The summed E-state index contributed by atoms with van der Waals surface area (Å²) >= 11 is 11.7. The molecule has 0 aliphatic heterocycles. The molecule has 0 spiro atoms. The number of hydrogen-bond acceptors (Lipinski definition) is 6. The topological polar surface area (TPSA) is 108 Å². The van der Waals surface area contributed by atoms with Gasteiger partial charge in [0.1, 0.15) is 11.3 Å². The minimum atomic E-state index is -4.64. The Bertz CT molecular complexity index is 1140. The maximum Gasteiger partial charge on any atom is 0.416 e. The van der Waals surface area contributed by atoms with Gasteiger partial charge >= 0.3 is 12.3 Å². The maximum absolute atomic E-state index is 13.2. The average Bonchev–Trinajstić information content (AvgIpc) is 3.11. The van der Waals surface area contributed by atoms with Crippen LogP contribution < -0.4 is 11.1 Å². The Morgan fingerprint density at radius 3 is 2.72 bits per heavy atom. The summed E-state index contributed by atoms with van der Waals surface area (Å²) in [6.07, 6.45) is -2.74. The number of rotatable bonds is 7. The van der Waals surface area contributed by atoms with Gasteiger partial charge in [0.05, 0.1) is 28.5 Å². The van der Waals surface area contributed by atoms with E-state index in [4.69, 9.17) is 33.7 Å². The summed E-state index contributed by atoms with van der Waals surface area (Å²) in [6.45, 7) is 1.89. The number of nitrogens with zero attached hydrogens (tertiary/aromatic N) is 4. The molecule has 0 fully saturated rings. The Hall–Kier alpha value is -2.79. The van der Waals surface area contributed by atoms with Gasteiger partial charge in [-0.2, -0.15) is 13.2 Å². The largest absolute Gasteiger partial charge is 0.450 e. The third-order valence-electron chi connectivity index (χ3n) is 4.54. The molecule has 0 radical (unpaired) electrons. The number of alkyl carbamates (subject to hydrolysis) is 1. The second kappa shape index (κ2) is 9.78. The molecular formula is C19H19Cl2F3N6O2. The van der Waals surface area contributed by atoms with Crippen LogP contribution in [-0.4, -0.2) is 32.2 Å². The van der Waals surface area contributed by atoms with Gasteiger partial charge < -0.3 is 20.4 Å². The van der Waals surface area contributed by atoms with Crippen LogP contribution in [0.15, 0.2) is 18.5 Å². The lowest BCUT2D eigenvalue weighted by Gasteiger charge is -2.16. The zero-order valence-corrected chi connectivity index (χ0v) is 18.4. The molecule has 0 atom stereocenters. The molecule has 0 aliphatic rings. The number of benzene rings is 1. The number of nitrogens with two attached hydrogens (primary N) is 1. The normalized spacial score (nSPS) is 11.7. The van der Waals surface area contributed by atoms with Crippen molar-refractivity contribution < 1.29 is 22.7 Å². The van der Waals surface area contributed by atoms with Crippen LogP contribution in [0, 0.1) is 6.92 Å². The number of ether oxygens (including phenoxy) is 1. The van der Waals surface area contributed by atoms with Gasteiger partial charge in [-0.05, 0) is 31.9 Å². The van der Waals surface area contributed by atoms with Crippen molar-refractivity contribution in [1.82, 2.24) is 24.8 Å². The lowest BCUT2D eigenvalue weighted by atomic mass is 10.1. The second-order valence-corrected chi connectivity index (χ2v) is 7.63. The molecule has 0 saturated heterocycles. The number of halogens is 5. The van der Waals surface area contributed by atoms with Crippen LogP contribution in [0.4, 0.5) is 23.8 Å². The van der Waals surface area contributed by atoms with E-state index in [9.17, 15) is 18.0 Å². The molecule has 32 heavy (non-hydrogen) atoms. The van der Waals surface area contributed by atoms with E-state index in [0.29, 0.717) is 42.2 Å². The lowest BCUT2D eigenvalue weighted by molar-refractivity contribution is -0.138. The van der Waals surface area contributed by atoms with Gasteiger partial charge in [0.2, 0.25) is 0 Å². The van der Waals surface area contributed by atoms with Crippen molar-refractivity contribution in [2.75, 3.05) is 12.3 Å². The number of hydrogen-bond donors (Lipinski definition) is 2. The van der Waals surface area contributed by atoms with Gasteiger partial charge in [0.15, 0.2) is 11.5 Å². The van der Waals surface area contributed by atoms with Gasteiger partial charge in [-0.25, -0.2) is 19.7 Å². The minimum Gasteiger partial charge on any atom is -0.450 e. The third kappa shape index (κ3) is 5.52. The van der Waals surface area contributed by atoms with E-state index < -0.39 is 24.4 Å². The number of amides is 1. The number of carbonyl (C=O) groups excluding carboxylic acids is 1. The first kappa shape index (κ1) is 23.9. The van der Waals surface area contributed by atoms with Crippen LogP contribution in [0.25, 0.3) is 11.2 Å². The molecule has 0 saturated carbocycles. The average molecular weight is 491 g/mol. The van der Waals surface area contributed by atoms with Gasteiger partial charge in [-0.3, -0.25) is 0 Å². The van der Waals surface area contributed by atoms with E-state index in [1.54, 1.807) is 13.3 Å². The summed E-state index contributed by atoms with van der Waals surface area (Å²) in [5, 5.41) is 1.96. The number of fused-ring (bicyclic) bond motifs is 1. The standard InChI is InChI=1S/C19H19Cl2F3N6O2/c1-10-28-16(25)15-17(29-10)30(9-27-15)6-2-3-7-32-18(31)26-8-11-12(19(22,23)24)4-5-13(20)14(11)21/h4-5,9H,2-3,6-8H2,1H3,(H,26,31)(H2,25,28,29). The van der Waals surface area contributed by atoms with E-state index in [1.165, 1.54) is 0 Å². The van der Waals surface area contributed by atoms with Crippen LogP contribution >= 0.6 is 23.2 Å². The molecule has 1 aromatic carbocycles. The summed E-state index contributed by atoms with van der Waals surface area (Å²) in [5.41, 5.74) is 5.67. The van der Waals surface area contributed by atoms with Crippen molar-refractivity contribution in [2.24, 2.45) is 0 Å². The quantitative estimate of drug-likeness (QED) is 0.462. The molecule has 2 heterocycles. The fourth-order valence-electron chi connectivity index (χ4n) is 3.03. The lowest BCUT2D eigenvalue weighted by Crippen LogP contribution is -2.26. The van der Waals surface area contributed by atoms with Crippen molar-refractivity contribution in [2.45, 2.75) is 39.0 Å². The van der Waals surface area contributed by atoms with E-state index in [1.807, 2.05) is 4.57 Å². The van der Waals surface area contributed by atoms with Crippen molar-refractivity contribution >= 4 is 46.3 Å². The second-order valence-electron chi connectivity index (χ2n) is 6.85. The first-order chi connectivity index (χ1) is 15.1. The van der Waals surface area contributed by atoms with Crippen LogP contribution in [0.3, 0.4) is 0 Å². The smallest absolute Gasteiger partial charge is 0.416 e. The number of aromatic nitrogens is 4. The van der Waals surface area contributed by atoms with Gasteiger partial charge in [-0.1, -0.05) is 23.2 Å². The van der Waals surface area contributed by atoms with Crippen molar-refractivity contribution in [1.29, 1.82) is 0 Å². The van der Waals surface area contributed by atoms with Crippen LogP contribution in [-0.2, 0) is 24.0 Å². The van der Waals surface area contributed by atoms with E-state index in [0.717, 1.165) is 12.1 Å². The van der Waals surface area contributed by atoms with E-state index in [-0.39, 0.29) is 22.2 Å². The highest BCUT2D eigenvalue weighted by Crippen LogP contribution is 2.38. The zero-order valence-electron chi connectivity index (χ0n) is 16.8. The summed E-state index contributed by atoms with van der Waals surface area (Å²) in [4.78, 5) is 24.5. The molecule has 1 amide bonds. The maximum atomic E-state index is 13.2. The Labute approximate surface area is 190 Å². The number of nitrogen functional groups attached to an aromatic ring is 1. The first-order valence-corrected chi connectivity index (χ1v) is 10.2. The van der Waals surface area contributed by atoms with Crippen LogP contribution in [0.1, 0.15) is 29.8 Å². The van der Waals surface area contributed by atoms with Crippen molar-refractivity contribution in [3.63, 3.8) is 0 Å². The van der Waals surface area contributed by atoms with Gasteiger partial charge in [-0.15, -0.1) is 0 Å². The molecule has 172 valence electrons. The summed E-state index contributed by atoms with van der Waals surface area (Å²) < 4.78 is 46.3. The Balaban J connectivity index is 1.47. The summed E-state index contributed by atoms with van der Waals surface area (Å²) in [7, 11) is 0. The van der Waals surface area contributed by atoms with Crippen molar-refractivity contribution in [3.05, 3.63) is 45.5 Å². The summed E-state index contributed by atoms with van der Waals surface area (Å²) in [6, 6.07) is 1.87. The SMILES string of the molecule is Cc1nc(N)c2ncn(CCCCOC(=O)NCc3c(C(F)(F)F)ccc(Cl)c3Cl)c2n1. The molecule has 8 nitrogen and oxygen atoms in total. The minimum absolute atomic E-state index is 0.0425. The molecule has 3 N–H and O–H groups in total. The Kier molecular flexibility index (Phi) is 7.29. The third-order valence-corrected chi connectivity index (χ3v) is 5.38. The molecular weight excluding hydrogens is 472 g/mol. The monoisotopic (exact) mass is 490 g/mol. The van der Waals surface area contributed by atoms with Crippen LogP contribution in [0.5, 0.6) is 0 Å². The summed E-state index contributed by atoms with van der Waals surface area (Å²) in [5.74, 6) is 0.838. The number of alkyl halides is 3. The predicted molar refractivity (Wildman–Crippen MR) is 113 cm³/mol. The Morgan fingerprint density at radius 1 is 1.25 bits per heavy atom. The number of carbonyl (C=O) groups is 1. The van der Waals surface area contributed by atoms with Gasteiger partial charge in [0, 0.05) is 18.7 Å². The number of imidazole rings is 1. The molecule has 0 bridgehead atoms. The number of anilines is 1. The fourth-order valence-corrected chi connectivity index (χ4v) is 3.44. The highest BCUT2D eigenvalue weighted by atomic mass is 35.5. The fraction of sp³-hybridized carbons (Fsp3) is 0.368. The molecule has 0 aliphatic carbocycles. The molecule has 2 aromatic heterocycles. The Morgan fingerprint density at radius 2 is 2.00 bits per heavy atom. The molecule has 3 rings (SSSR count). The number of aryl methyl sites for hydroxylation is 2. The highest BCUT2D eigenvalue weighted by Gasteiger charge is 2.34. The first-order valence-electron chi connectivity index (χ1n) is 9.47. The highest BCUT2D eigenvalue weighted by molar-refractivity contribution is 6.42. The number of nitrogens with one attached hydrogen (secondary N) is 1. The zero-order chi connectivity index (χ0) is 23.5. The van der Waals surface area contributed by atoms with Crippen LogP contribution in [0.2, 0.25) is 10.0 Å².